The number of hydrogen-bond acceptors (Lipinski definition) is 0. The molecule has 0 amide bonds. The van der Waals surface area contributed by atoms with E-state index < -0.39 is 17.0 Å². The number of halogens is 2. The zero-order valence-corrected chi connectivity index (χ0v) is 21.6. The van der Waals surface area contributed by atoms with Gasteiger partial charge in [0.25, 0.3) is 0 Å². The van der Waals surface area contributed by atoms with Crippen molar-refractivity contribution in [1.29, 1.82) is 0 Å². The molecule has 5 rings (SSSR count). The molecule has 4 aromatic carbocycles. The van der Waals surface area contributed by atoms with Crippen LogP contribution in [0.5, 0.6) is 0 Å². The Morgan fingerprint density at radius 3 is 1.84 bits per heavy atom. The third-order valence-electron chi connectivity index (χ3n) is 5.93. The van der Waals surface area contributed by atoms with Crippen molar-refractivity contribution in [2.45, 2.75) is 38.8 Å². The molecule has 162 valence electrons. The first-order chi connectivity index (χ1) is 15.4. The van der Waals surface area contributed by atoms with Crippen LogP contribution in [-0.4, -0.2) is 5.54 Å². The number of hydrogen-bond donors (Lipinski definition) is 0. The second kappa shape index (κ2) is 10.1. The van der Waals surface area contributed by atoms with Gasteiger partial charge in [-0.05, 0) is 38.6 Å². The molecule has 0 spiro atoms. The molecule has 0 aliphatic heterocycles. The normalized spacial score (nSPS) is 12.7. The maximum absolute atomic E-state index is 5.02. The second-order valence-corrected chi connectivity index (χ2v) is 11.6. The molecule has 0 saturated heterocycles. The first kappa shape index (κ1) is 23.5. The zero-order chi connectivity index (χ0) is 22.7. The van der Waals surface area contributed by atoms with Gasteiger partial charge in [-0.15, -0.1) is 12.1 Å². The van der Waals surface area contributed by atoms with Gasteiger partial charge in [0, 0.05) is 5.92 Å². The Balaban J connectivity index is 0.000000775. The summed E-state index contributed by atoms with van der Waals surface area (Å²) in [4.78, 5) is 0. The Hall–Kier alpha value is -1.61. The summed E-state index contributed by atoms with van der Waals surface area (Å²) in [6.45, 7) is 7.27. The third kappa shape index (κ3) is 4.83. The number of rotatable bonds is 3. The van der Waals surface area contributed by atoms with Crippen molar-refractivity contribution >= 4 is 29.4 Å². The molecular weight excluding hydrogens is 469 g/mol. The van der Waals surface area contributed by atoms with E-state index in [1.165, 1.54) is 44.2 Å². The standard InChI is InChI=1S/C28H26N.2ClH.Ti/c1-28(2,3)29-18-26-20-11-5-4-10-19(20)16-17-25(26)27-23-14-8-6-12-21(23)22-13-7-9-15-24(22)27;;;/h4-17,27H,18H2,1-3H3;2*1H;/q-1;;;+2/p-2. The Morgan fingerprint density at radius 1 is 0.719 bits per heavy atom. The topological polar surface area (TPSA) is 14.1 Å². The SMILES string of the molecule is CC(C)(C)[N-]Cc1c(C2c3ccccc3-c3ccccc32)ccc2ccccc12.[Cl][Ti][Cl]. The van der Waals surface area contributed by atoms with Crippen molar-refractivity contribution in [3.63, 3.8) is 0 Å². The molecule has 0 unspecified atom stereocenters. The van der Waals surface area contributed by atoms with E-state index in [-0.39, 0.29) is 11.5 Å². The van der Waals surface area contributed by atoms with E-state index in [9.17, 15) is 0 Å². The molecule has 0 aromatic heterocycles. The van der Waals surface area contributed by atoms with Crippen LogP contribution in [0.1, 0.15) is 48.9 Å². The van der Waals surface area contributed by atoms with Crippen LogP contribution in [0.4, 0.5) is 0 Å². The summed E-state index contributed by atoms with van der Waals surface area (Å²) in [7, 11) is 9.78. The first-order valence-corrected chi connectivity index (χ1v) is 15.1. The predicted octanol–water partition coefficient (Wildman–Crippen LogP) is 9.05. The van der Waals surface area contributed by atoms with Crippen molar-refractivity contribution in [3.8, 4) is 11.1 Å². The molecule has 0 heterocycles. The van der Waals surface area contributed by atoms with Crippen LogP contribution in [0.25, 0.3) is 27.2 Å². The minimum atomic E-state index is -0.556. The molecule has 0 bridgehead atoms. The summed E-state index contributed by atoms with van der Waals surface area (Å²) in [6, 6.07) is 31.0. The second-order valence-electron chi connectivity index (χ2n) is 9.02. The zero-order valence-electron chi connectivity index (χ0n) is 18.6. The third-order valence-corrected chi connectivity index (χ3v) is 5.93. The summed E-state index contributed by atoms with van der Waals surface area (Å²) < 4.78 is 0. The fraction of sp³-hybridized carbons (Fsp3) is 0.214. The van der Waals surface area contributed by atoms with Gasteiger partial charge in [0.2, 0.25) is 0 Å². The van der Waals surface area contributed by atoms with Gasteiger partial charge in [-0.2, -0.15) is 0 Å². The molecule has 1 nitrogen and oxygen atoms in total. The summed E-state index contributed by atoms with van der Waals surface area (Å²) >= 11 is -0.556. The van der Waals surface area contributed by atoms with Crippen molar-refractivity contribution in [2.24, 2.45) is 0 Å². The molecule has 0 fully saturated rings. The van der Waals surface area contributed by atoms with Gasteiger partial charge in [0.1, 0.15) is 0 Å². The van der Waals surface area contributed by atoms with Crippen LogP contribution in [-0.2, 0) is 23.6 Å². The molecule has 32 heavy (non-hydrogen) atoms. The average Bonchev–Trinajstić information content (AvgIpc) is 3.12. The van der Waals surface area contributed by atoms with Crippen molar-refractivity contribution in [1.82, 2.24) is 0 Å². The molecular formula is C28H26Cl2NTi-. The molecule has 1 aliphatic rings. The molecule has 0 radical (unpaired) electrons. The Morgan fingerprint density at radius 2 is 1.25 bits per heavy atom. The predicted molar refractivity (Wildman–Crippen MR) is 135 cm³/mol. The van der Waals surface area contributed by atoms with E-state index in [4.69, 9.17) is 23.9 Å². The fourth-order valence-electron chi connectivity index (χ4n) is 4.61. The Labute approximate surface area is 207 Å². The Bertz CT molecular complexity index is 1180. The van der Waals surface area contributed by atoms with E-state index in [0.29, 0.717) is 0 Å². The summed E-state index contributed by atoms with van der Waals surface area (Å²) in [6.07, 6.45) is 0. The summed E-state index contributed by atoms with van der Waals surface area (Å²) in [5.74, 6) is 0.261. The van der Waals surface area contributed by atoms with Gasteiger partial charge in [-0.25, -0.2) is 0 Å². The summed E-state index contributed by atoms with van der Waals surface area (Å²) in [5, 5.41) is 7.63. The number of nitrogens with zero attached hydrogens (tertiary/aromatic N) is 1. The van der Waals surface area contributed by atoms with E-state index in [0.717, 1.165) is 6.54 Å². The van der Waals surface area contributed by atoms with Crippen LogP contribution in [0.2, 0.25) is 0 Å². The van der Waals surface area contributed by atoms with Crippen LogP contribution < -0.4 is 0 Å². The van der Waals surface area contributed by atoms with Gasteiger partial charge in [-0.3, -0.25) is 0 Å². The average molecular weight is 495 g/mol. The summed E-state index contributed by atoms with van der Waals surface area (Å²) in [5.41, 5.74) is 8.21. The number of fused-ring (bicyclic) bond motifs is 4. The van der Waals surface area contributed by atoms with Crippen molar-refractivity contribution in [2.75, 3.05) is 0 Å². The van der Waals surface area contributed by atoms with Crippen LogP contribution in [0.3, 0.4) is 0 Å². The van der Waals surface area contributed by atoms with Gasteiger partial charge >= 0.3 is 35.6 Å². The molecule has 0 N–H and O–H groups in total. The van der Waals surface area contributed by atoms with Crippen LogP contribution in [0, 0.1) is 0 Å². The van der Waals surface area contributed by atoms with Gasteiger partial charge < -0.3 is 5.32 Å². The first-order valence-electron chi connectivity index (χ1n) is 10.8. The van der Waals surface area contributed by atoms with E-state index in [1.807, 2.05) is 0 Å². The molecule has 1 aliphatic carbocycles. The maximum atomic E-state index is 5.02. The van der Waals surface area contributed by atoms with E-state index in [1.54, 1.807) is 0 Å². The molecule has 0 atom stereocenters. The van der Waals surface area contributed by atoms with Crippen molar-refractivity contribution < 1.29 is 17.0 Å². The van der Waals surface area contributed by atoms with Gasteiger partial charge in [0.05, 0.1) is 0 Å². The Kier molecular flexibility index (Phi) is 7.45. The van der Waals surface area contributed by atoms with E-state index in [2.05, 4.69) is 106 Å². The number of benzene rings is 4. The van der Waals surface area contributed by atoms with Crippen LogP contribution in [0.15, 0.2) is 84.9 Å². The van der Waals surface area contributed by atoms with E-state index >= 15 is 0 Å². The van der Waals surface area contributed by atoms with Crippen molar-refractivity contribution in [3.05, 3.63) is 112 Å². The van der Waals surface area contributed by atoms with Gasteiger partial charge in [-0.1, -0.05) is 111 Å². The minimum absolute atomic E-state index is 0.0558. The van der Waals surface area contributed by atoms with Gasteiger partial charge in [0.15, 0.2) is 0 Å². The fourth-order valence-corrected chi connectivity index (χ4v) is 4.61. The quantitative estimate of drug-likeness (QED) is 0.222. The molecule has 4 aromatic rings. The monoisotopic (exact) mass is 494 g/mol. The molecule has 0 saturated carbocycles. The van der Waals surface area contributed by atoms with Crippen LogP contribution >= 0.6 is 18.6 Å². The molecule has 4 heteroatoms.